The molecule has 13 heavy (non-hydrogen) atoms. The van der Waals surface area contributed by atoms with E-state index in [9.17, 15) is 0 Å². The maximum Gasteiger partial charge on any atom is 0.130 e. The van der Waals surface area contributed by atoms with Gasteiger partial charge in [-0.3, -0.25) is 0 Å². The van der Waals surface area contributed by atoms with Gasteiger partial charge in [0.2, 0.25) is 0 Å². The normalized spacial score (nSPS) is 17.5. The number of aromatic nitrogens is 2. The molecule has 0 spiro atoms. The van der Waals surface area contributed by atoms with Crippen LogP contribution in [0.1, 0.15) is 0 Å². The van der Waals surface area contributed by atoms with Crippen molar-refractivity contribution in [3.63, 3.8) is 0 Å². The van der Waals surface area contributed by atoms with Crippen LogP contribution >= 0.6 is 15.9 Å². The lowest BCUT2D eigenvalue weighted by Crippen LogP contribution is -2.36. The van der Waals surface area contributed by atoms with Gasteiger partial charge >= 0.3 is 0 Å². The average Bonchev–Trinajstić information content (AvgIpc) is 2.19. The number of rotatable bonds is 1. The average molecular weight is 244 g/mol. The van der Waals surface area contributed by atoms with Crippen LogP contribution in [0.3, 0.4) is 0 Å². The molecule has 0 aliphatic carbocycles. The third-order valence-electron chi connectivity index (χ3n) is 1.99. The van der Waals surface area contributed by atoms with Crippen LogP contribution in [0.25, 0.3) is 0 Å². The van der Waals surface area contributed by atoms with Crippen LogP contribution in [-0.4, -0.2) is 36.5 Å². The van der Waals surface area contributed by atoms with Crippen molar-refractivity contribution in [1.29, 1.82) is 0 Å². The van der Waals surface area contributed by atoms with Gasteiger partial charge in [0.25, 0.3) is 0 Å². The maximum atomic E-state index is 5.26. The van der Waals surface area contributed by atoms with Crippen molar-refractivity contribution in [2.24, 2.45) is 0 Å². The molecule has 0 amide bonds. The predicted molar refractivity (Wildman–Crippen MR) is 52.8 cm³/mol. The molecule has 2 heterocycles. The van der Waals surface area contributed by atoms with E-state index < -0.39 is 0 Å². The Hall–Kier alpha value is -0.680. The van der Waals surface area contributed by atoms with Crippen molar-refractivity contribution < 1.29 is 4.74 Å². The summed E-state index contributed by atoms with van der Waals surface area (Å²) < 4.78 is 6.04. The molecular weight excluding hydrogens is 234 g/mol. The van der Waals surface area contributed by atoms with Crippen LogP contribution < -0.4 is 4.90 Å². The number of halogens is 1. The molecule has 0 bridgehead atoms. The number of hydrogen-bond acceptors (Lipinski definition) is 4. The van der Waals surface area contributed by atoms with E-state index in [2.05, 4.69) is 31.0 Å². The van der Waals surface area contributed by atoms with Gasteiger partial charge in [-0.25, -0.2) is 0 Å². The van der Waals surface area contributed by atoms with Gasteiger partial charge in [0.05, 0.1) is 25.1 Å². The van der Waals surface area contributed by atoms with E-state index in [0.29, 0.717) is 0 Å². The molecule has 1 aromatic rings. The summed E-state index contributed by atoms with van der Waals surface area (Å²) in [6.45, 7) is 3.44. The van der Waals surface area contributed by atoms with Crippen LogP contribution in [0.2, 0.25) is 0 Å². The van der Waals surface area contributed by atoms with E-state index in [4.69, 9.17) is 4.74 Å². The van der Waals surface area contributed by atoms with Crippen molar-refractivity contribution in [1.82, 2.24) is 10.2 Å². The number of hydrogen-bond donors (Lipinski definition) is 0. The van der Waals surface area contributed by atoms with E-state index in [-0.39, 0.29) is 0 Å². The summed E-state index contributed by atoms with van der Waals surface area (Å²) >= 11 is 3.30. The van der Waals surface area contributed by atoms with Crippen molar-refractivity contribution >= 4 is 21.6 Å². The molecule has 5 heteroatoms. The van der Waals surface area contributed by atoms with E-state index in [0.717, 1.165) is 36.6 Å². The fourth-order valence-corrected chi connectivity index (χ4v) is 1.65. The summed E-state index contributed by atoms with van der Waals surface area (Å²) in [6, 6.07) is 1.97. The second kappa shape index (κ2) is 4.02. The molecule has 1 aliphatic heterocycles. The third kappa shape index (κ3) is 2.16. The zero-order valence-corrected chi connectivity index (χ0v) is 8.70. The maximum absolute atomic E-state index is 5.26. The topological polar surface area (TPSA) is 38.2 Å². The van der Waals surface area contributed by atoms with Crippen LogP contribution in [0.4, 0.5) is 5.69 Å². The molecule has 1 aromatic heterocycles. The lowest BCUT2D eigenvalue weighted by molar-refractivity contribution is 0.122. The molecule has 1 aliphatic rings. The highest BCUT2D eigenvalue weighted by Gasteiger charge is 2.11. The van der Waals surface area contributed by atoms with Gasteiger partial charge < -0.3 is 9.64 Å². The Balaban J connectivity index is 2.14. The number of morpholine rings is 1. The molecule has 0 atom stereocenters. The van der Waals surface area contributed by atoms with Crippen molar-refractivity contribution in [3.05, 3.63) is 16.9 Å². The van der Waals surface area contributed by atoms with Gasteiger partial charge in [0.15, 0.2) is 0 Å². The zero-order chi connectivity index (χ0) is 9.10. The zero-order valence-electron chi connectivity index (χ0n) is 7.11. The van der Waals surface area contributed by atoms with E-state index in [1.165, 1.54) is 0 Å². The molecule has 70 valence electrons. The second-order valence-corrected chi connectivity index (χ2v) is 3.65. The fraction of sp³-hybridized carbons (Fsp3) is 0.500. The van der Waals surface area contributed by atoms with Gasteiger partial charge in [0, 0.05) is 13.1 Å². The van der Waals surface area contributed by atoms with Gasteiger partial charge in [0.1, 0.15) is 4.60 Å². The summed E-state index contributed by atoms with van der Waals surface area (Å²) in [6.07, 6.45) is 1.77. The minimum atomic E-state index is 0.775. The molecule has 1 saturated heterocycles. The Morgan fingerprint density at radius 2 is 2.15 bits per heavy atom. The molecule has 0 radical (unpaired) electrons. The monoisotopic (exact) mass is 243 g/mol. The first-order chi connectivity index (χ1) is 6.36. The van der Waals surface area contributed by atoms with Gasteiger partial charge in [-0.1, -0.05) is 0 Å². The molecule has 4 nitrogen and oxygen atoms in total. The fourth-order valence-electron chi connectivity index (χ4n) is 1.33. The second-order valence-electron chi connectivity index (χ2n) is 2.84. The van der Waals surface area contributed by atoms with Gasteiger partial charge in [-0.05, 0) is 22.0 Å². The van der Waals surface area contributed by atoms with Crippen LogP contribution in [-0.2, 0) is 4.74 Å². The summed E-state index contributed by atoms with van der Waals surface area (Å²) in [5.74, 6) is 0. The summed E-state index contributed by atoms with van der Waals surface area (Å²) in [5.41, 5.74) is 1.10. The van der Waals surface area contributed by atoms with Gasteiger partial charge in [-0.15, -0.1) is 5.10 Å². The Morgan fingerprint density at radius 1 is 1.38 bits per heavy atom. The minimum absolute atomic E-state index is 0.775. The highest BCUT2D eigenvalue weighted by molar-refractivity contribution is 9.10. The molecule has 2 rings (SSSR count). The molecule has 0 unspecified atom stereocenters. The Bertz CT molecular complexity index is 288. The minimum Gasteiger partial charge on any atom is -0.378 e. The van der Waals surface area contributed by atoms with E-state index >= 15 is 0 Å². The van der Waals surface area contributed by atoms with E-state index in [1.54, 1.807) is 6.20 Å². The largest absolute Gasteiger partial charge is 0.378 e. The highest BCUT2D eigenvalue weighted by atomic mass is 79.9. The lowest BCUT2D eigenvalue weighted by atomic mass is 10.3. The third-order valence-corrected chi connectivity index (χ3v) is 2.37. The molecule has 0 N–H and O–H groups in total. The standard InChI is InChI=1S/C8H10BrN3O/c9-8-5-7(6-10-11-8)12-1-3-13-4-2-12/h5-6H,1-4H2. The van der Waals surface area contributed by atoms with Crippen LogP contribution in [0.5, 0.6) is 0 Å². The summed E-state index contributed by atoms with van der Waals surface area (Å²) in [4.78, 5) is 2.24. The molecule has 0 saturated carbocycles. The number of nitrogens with zero attached hydrogens (tertiary/aromatic N) is 3. The first-order valence-electron chi connectivity index (χ1n) is 4.17. The molecular formula is C8H10BrN3O. The summed E-state index contributed by atoms with van der Waals surface area (Å²) in [7, 11) is 0. The number of ether oxygens (including phenoxy) is 1. The smallest absolute Gasteiger partial charge is 0.130 e. The van der Waals surface area contributed by atoms with Crippen molar-refractivity contribution in [3.8, 4) is 0 Å². The van der Waals surface area contributed by atoms with Crippen LogP contribution in [0, 0.1) is 0 Å². The Labute approximate surface area is 85.0 Å². The summed E-state index contributed by atoms with van der Waals surface area (Å²) in [5, 5.41) is 7.72. The Kier molecular flexibility index (Phi) is 2.75. The number of anilines is 1. The van der Waals surface area contributed by atoms with Crippen LogP contribution in [0.15, 0.2) is 16.9 Å². The highest BCUT2D eigenvalue weighted by Crippen LogP contribution is 2.17. The van der Waals surface area contributed by atoms with Crippen molar-refractivity contribution in [2.45, 2.75) is 0 Å². The first-order valence-corrected chi connectivity index (χ1v) is 4.96. The van der Waals surface area contributed by atoms with Crippen molar-refractivity contribution in [2.75, 3.05) is 31.2 Å². The van der Waals surface area contributed by atoms with Gasteiger partial charge in [-0.2, -0.15) is 5.10 Å². The predicted octanol–water partition coefficient (Wildman–Crippen LogP) is 1.08. The lowest BCUT2D eigenvalue weighted by Gasteiger charge is -2.28. The molecule has 1 fully saturated rings. The SMILES string of the molecule is Brc1cc(N2CCOCC2)cnn1. The Morgan fingerprint density at radius 3 is 2.85 bits per heavy atom. The molecule has 0 aromatic carbocycles. The van der Waals surface area contributed by atoms with E-state index in [1.807, 2.05) is 6.07 Å². The first kappa shape index (κ1) is 8.90. The quantitative estimate of drug-likeness (QED) is 0.740.